The number of hydrogen-bond acceptors (Lipinski definition) is 4. The molecule has 20 heavy (non-hydrogen) atoms. The molecule has 1 N–H and O–H groups in total. The second-order valence-electron chi connectivity index (χ2n) is 5.98. The Morgan fingerprint density at radius 2 is 1.95 bits per heavy atom. The third-order valence-electron chi connectivity index (χ3n) is 3.19. The van der Waals surface area contributed by atoms with Crippen LogP contribution in [0.4, 0.5) is 5.69 Å². The summed E-state index contributed by atoms with van der Waals surface area (Å²) in [5, 5.41) is 7.67. The molecule has 0 aliphatic heterocycles. The van der Waals surface area contributed by atoms with Crippen molar-refractivity contribution in [2.75, 3.05) is 24.5 Å². The van der Waals surface area contributed by atoms with Gasteiger partial charge in [0, 0.05) is 31.2 Å². The third-order valence-corrected chi connectivity index (χ3v) is 3.19. The highest BCUT2D eigenvalue weighted by Crippen LogP contribution is 2.08. The molecule has 0 amide bonds. The van der Waals surface area contributed by atoms with Gasteiger partial charge in [-0.05, 0) is 47.6 Å². The predicted molar refractivity (Wildman–Crippen MR) is 84.4 cm³/mol. The highest BCUT2D eigenvalue weighted by atomic mass is 16.1. The van der Waals surface area contributed by atoms with E-state index in [-0.39, 0.29) is 11.1 Å². The number of aromatic nitrogens is 2. The second-order valence-corrected chi connectivity index (χ2v) is 5.98. The van der Waals surface area contributed by atoms with E-state index in [1.807, 2.05) is 0 Å². The van der Waals surface area contributed by atoms with Crippen molar-refractivity contribution in [1.29, 1.82) is 0 Å². The number of aryl methyl sites for hydroxylation is 1. The smallest absolute Gasteiger partial charge is 0.268 e. The molecule has 0 saturated carbocycles. The van der Waals surface area contributed by atoms with Crippen LogP contribution in [0.1, 0.15) is 41.0 Å². The first-order chi connectivity index (χ1) is 9.37. The zero-order chi connectivity index (χ0) is 15.2. The van der Waals surface area contributed by atoms with Crippen molar-refractivity contribution in [2.45, 2.75) is 53.1 Å². The lowest BCUT2D eigenvalue weighted by molar-refractivity contribution is 0.406. The first kappa shape index (κ1) is 16.7. The largest absolute Gasteiger partial charge is 0.371 e. The van der Waals surface area contributed by atoms with Crippen molar-refractivity contribution in [3.63, 3.8) is 0 Å². The van der Waals surface area contributed by atoms with Gasteiger partial charge in [-0.2, -0.15) is 5.10 Å². The average molecular weight is 280 g/mol. The molecule has 0 unspecified atom stereocenters. The van der Waals surface area contributed by atoms with Gasteiger partial charge in [0.2, 0.25) is 0 Å². The van der Waals surface area contributed by atoms with Gasteiger partial charge in [-0.1, -0.05) is 0 Å². The van der Waals surface area contributed by atoms with Gasteiger partial charge < -0.3 is 10.2 Å². The quantitative estimate of drug-likeness (QED) is 0.775. The fourth-order valence-corrected chi connectivity index (χ4v) is 2.05. The van der Waals surface area contributed by atoms with E-state index < -0.39 is 0 Å². The first-order valence-electron chi connectivity index (χ1n) is 7.44. The monoisotopic (exact) mass is 280 g/mol. The van der Waals surface area contributed by atoms with E-state index in [4.69, 9.17) is 0 Å². The van der Waals surface area contributed by atoms with E-state index in [1.54, 1.807) is 12.3 Å². The van der Waals surface area contributed by atoms with Crippen LogP contribution in [0.2, 0.25) is 0 Å². The predicted octanol–water partition coefficient (Wildman–Crippen LogP) is 1.87. The van der Waals surface area contributed by atoms with Gasteiger partial charge in [0.25, 0.3) is 5.56 Å². The third kappa shape index (κ3) is 5.33. The maximum Gasteiger partial charge on any atom is 0.268 e. The highest BCUT2D eigenvalue weighted by Gasteiger charge is 2.08. The van der Waals surface area contributed by atoms with Crippen LogP contribution >= 0.6 is 0 Å². The molecule has 1 heterocycles. The number of hydrogen-bond donors (Lipinski definition) is 1. The summed E-state index contributed by atoms with van der Waals surface area (Å²) < 4.78 is 1.54. The molecule has 0 aliphatic rings. The Labute approximate surface area is 122 Å². The first-order valence-corrected chi connectivity index (χ1v) is 7.44. The lowest BCUT2D eigenvalue weighted by Gasteiger charge is -2.21. The molecule has 5 heteroatoms. The summed E-state index contributed by atoms with van der Waals surface area (Å²) in [6, 6.07) is 1.68. The highest BCUT2D eigenvalue weighted by molar-refractivity contribution is 5.42. The summed E-state index contributed by atoms with van der Waals surface area (Å²) in [5.74, 6) is 0. The SMILES string of the molecule is CCN(CC)c1cnn(CCCNC(C)(C)C)c(=O)c1. The minimum atomic E-state index is -0.0230. The fourth-order valence-electron chi connectivity index (χ4n) is 2.05. The maximum absolute atomic E-state index is 12.0. The molecule has 0 radical (unpaired) electrons. The van der Waals surface area contributed by atoms with Gasteiger partial charge in [0.05, 0.1) is 11.9 Å². The number of rotatable bonds is 7. The molecule has 1 aromatic rings. The lowest BCUT2D eigenvalue weighted by atomic mass is 10.1. The van der Waals surface area contributed by atoms with E-state index in [0.717, 1.165) is 31.7 Å². The van der Waals surface area contributed by atoms with Gasteiger partial charge in [-0.25, -0.2) is 4.68 Å². The minimum Gasteiger partial charge on any atom is -0.371 e. The van der Waals surface area contributed by atoms with Crippen LogP contribution in [0.5, 0.6) is 0 Å². The Balaban J connectivity index is 2.58. The van der Waals surface area contributed by atoms with Crippen molar-refractivity contribution in [1.82, 2.24) is 15.1 Å². The molecule has 0 atom stereocenters. The number of nitrogens with zero attached hydrogens (tertiary/aromatic N) is 3. The summed E-state index contributed by atoms with van der Waals surface area (Å²) in [6.45, 7) is 13.9. The molecule has 0 aromatic carbocycles. The Kier molecular flexibility index (Phi) is 6.20. The molecule has 5 nitrogen and oxygen atoms in total. The van der Waals surface area contributed by atoms with Gasteiger partial charge in [-0.15, -0.1) is 0 Å². The van der Waals surface area contributed by atoms with Gasteiger partial charge >= 0.3 is 0 Å². The van der Waals surface area contributed by atoms with Gasteiger partial charge in [0.15, 0.2) is 0 Å². The van der Waals surface area contributed by atoms with Crippen molar-refractivity contribution >= 4 is 5.69 Å². The Morgan fingerprint density at radius 1 is 1.30 bits per heavy atom. The Morgan fingerprint density at radius 3 is 2.45 bits per heavy atom. The molecule has 1 aromatic heterocycles. The van der Waals surface area contributed by atoms with Crippen LogP contribution in [-0.4, -0.2) is 35.0 Å². The standard InChI is InChI=1S/C15H28N4O/c1-6-18(7-2)13-11-14(20)19(17-12-13)10-8-9-16-15(3,4)5/h11-12,16H,6-10H2,1-5H3. The van der Waals surface area contributed by atoms with Crippen LogP contribution in [0.25, 0.3) is 0 Å². The molecule has 0 aliphatic carbocycles. The van der Waals surface area contributed by atoms with Crippen LogP contribution in [-0.2, 0) is 6.54 Å². The average Bonchev–Trinajstić information content (AvgIpc) is 2.37. The maximum atomic E-state index is 12.0. The minimum absolute atomic E-state index is 0.0230. The van der Waals surface area contributed by atoms with Crippen molar-refractivity contribution in [2.24, 2.45) is 0 Å². The van der Waals surface area contributed by atoms with Crippen molar-refractivity contribution < 1.29 is 0 Å². The molecular formula is C15H28N4O. The molecule has 114 valence electrons. The van der Waals surface area contributed by atoms with E-state index in [0.29, 0.717) is 6.54 Å². The van der Waals surface area contributed by atoms with E-state index >= 15 is 0 Å². The van der Waals surface area contributed by atoms with Gasteiger partial charge in [0.1, 0.15) is 0 Å². The van der Waals surface area contributed by atoms with Crippen LogP contribution in [0, 0.1) is 0 Å². The molecule has 1 rings (SSSR count). The topological polar surface area (TPSA) is 50.2 Å². The second kappa shape index (κ2) is 7.43. The van der Waals surface area contributed by atoms with Crippen LogP contribution in [0.3, 0.4) is 0 Å². The number of nitrogens with one attached hydrogen (secondary N) is 1. The molecule has 0 saturated heterocycles. The van der Waals surface area contributed by atoms with Crippen LogP contribution < -0.4 is 15.8 Å². The van der Waals surface area contributed by atoms with Gasteiger partial charge in [-0.3, -0.25) is 4.79 Å². The lowest BCUT2D eigenvalue weighted by Crippen LogP contribution is -2.37. The summed E-state index contributed by atoms with van der Waals surface area (Å²) in [7, 11) is 0. The Hall–Kier alpha value is -1.36. The number of anilines is 1. The fraction of sp³-hybridized carbons (Fsp3) is 0.733. The van der Waals surface area contributed by atoms with Crippen LogP contribution in [0.15, 0.2) is 17.1 Å². The van der Waals surface area contributed by atoms with E-state index in [9.17, 15) is 4.79 Å². The van der Waals surface area contributed by atoms with E-state index in [2.05, 4.69) is 49.9 Å². The normalized spacial score (nSPS) is 11.7. The molecule has 0 spiro atoms. The van der Waals surface area contributed by atoms with Crippen molar-refractivity contribution in [3.8, 4) is 0 Å². The summed E-state index contributed by atoms with van der Waals surface area (Å²) in [6.07, 6.45) is 2.68. The van der Waals surface area contributed by atoms with Crippen molar-refractivity contribution in [3.05, 3.63) is 22.6 Å². The molecular weight excluding hydrogens is 252 g/mol. The molecule has 0 fully saturated rings. The van der Waals surface area contributed by atoms with E-state index in [1.165, 1.54) is 4.68 Å². The summed E-state index contributed by atoms with van der Waals surface area (Å²) in [5.41, 5.74) is 1.000. The zero-order valence-corrected chi connectivity index (χ0v) is 13.4. The summed E-state index contributed by atoms with van der Waals surface area (Å²) in [4.78, 5) is 14.1. The zero-order valence-electron chi connectivity index (χ0n) is 13.4. The molecule has 0 bridgehead atoms. The summed E-state index contributed by atoms with van der Waals surface area (Å²) >= 11 is 0. The Bertz CT molecular complexity index is 458.